The predicted octanol–water partition coefficient (Wildman–Crippen LogP) is 5.38. The van der Waals surface area contributed by atoms with Crippen molar-refractivity contribution < 1.29 is 4.79 Å². The van der Waals surface area contributed by atoms with Crippen LogP contribution in [0.15, 0.2) is 59.2 Å². The Morgan fingerprint density at radius 3 is 2.47 bits per heavy atom. The molecule has 1 unspecified atom stereocenters. The zero-order valence-corrected chi connectivity index (χ0v) is 19.4. The van der Waals surface area contributed by atoms with E-state index >= 15 is 0 Å². The van der Waals surface area contributed by atoms with E-state index in [0.717, 1.165) is 66.6 Å². The Morgan fingerprint density at radius 1 is 1.03 bits per heavy atom. The summed E-state index contributed by atoms with van der Waals surface area (Å²) in [5, 5.41) is 1.05. The van der Waals surface area contributed by atoms with Gasteiger partial charge in [0.2, 0.25) is 0 Å². The first-order valence-electron chi connectivity index (χ1n) is 10.8. The molecule has 0 aliphatic carbocycles. The largest absolute Gasteiger partial charge is 0.347 e. The smallest absolute Gasteiger partial charge is 0.161 e. The highest BCUT2D eigenvalue weighted by Gasteiger charge is 2.21. The van der Waals surface area contributed by atoms with Gasteiger partial charge in [0.05, 0.1) is 0 Å². The predicted molar refractivity (Wildman–Crippen MR) is 127 cm³/mol. The molecule has 0 bridgehead atoms. The average molecular weight is 468 g/mol. The van der Waals surface area contributed by atoms with Crippen LogP contribution in [0.2, 0.25) is 0 Å². The topological polar surface area (TPSA) is 28.5 Å². The van der Waals surface area contributed by atoms with Gasteiger partial charge in [-0.3, -0.25) is 9.69 Å². The number of ketones is 1. The molecular formula is C25H30BrN3O. The van der Waals surface area contributed by atoms with E-state index in [2.05, 4.69) is 73.6 Å². The van der Waals surface area contributed by atoms with E-state index in [-0.39, 0.29) is 5.78 Å². The van der Waals surface area contributed by atoms with Crippen LogP contribution in [0.25, 0.3) is 10.9 Å². The molecule has 1 atom stereocenters. The van der Waals surface area contributed by atoms with Crippen LogP contribution in [0.4, 0.5) is 0 Å². The summed E-state index contributed by atoms with van der Waals surface area (Å²) < 4.78 is 3.29. The van der Waals surface area contributed by atoms with Gasteiger partial charge in [-0.25, -0.2) is 0 Å². The van der Waals surface area contributed by atoms with Gasteiger partial charge >= 0.3 is 0 Å². The number of nitrogens with zero attached hydrogens (tertiary/aromatic N) is 3. The first-order chi connectivity index (χ1) is 14.5. The molecule has 1 fully saturated rings. The number of benzene rings is 2. The minimum Gasteiger partial charge on any atom is -0.347 e. The quantitative estimate of drug-likeness (QED) is 0.436. The summed E-state index contributed by atoms with van der Waals surface area (Å²) in [7, 11) is 0. The SMILES string of the molecule is CC(=O)c1cn(CCCN2CCN(C(C)c3ccccc3)CC2)c2cc(Br)ccc12. The van der Waals surface area contributed by atoms with Gasteiger partial charge in [0.15, 0.2) is 5.78 Å². The molecule has 1 aliphatic heterocycles. The number of hydrogen-bond acceptors (Lipinski definition) is 3. The monoisotopic (exact) mass is 467 g/mol. The van der Waals surface area contributed by atoms with Crippen molar-refractivity contribution in [1.82, 2.24) is 14.4 Å². The third-order valence-corrected chi connectivity index (χ3v) is 6.83. The highest BCUT2D eigenvalue weighted by Crippen LogP contribution is 2.26. The number of piperazine rings is 1. The molecule has 0 N–H and O–H groups in total. The maximum atomic E-state index is 12.0. The van der Waals surface area contributed by atoms with Gasteiger partial charge in [-0.15, -0.1) is 0 Å². The van der Waals surface area contributed by atoms with Crippen LogP contribution < -0.4 is 0 Å². The lowest BCUT2D eigenvalue weighted by Crippen LogP contribution is -2.47. The first-order valence-corrected chi connectivity index (χ1v) is 11.6. The van der Waals surface area contributed by atoms with Crippen molar-refractivity contribution >= 4 is 32.6 Å². The molecule has 30 heavy (non-hydrogen) atoms. The molecule has 0 radical (unpaired) electrons. The summed E-state index contributed by atoms with van der Waals surface area (Å²) in [5.41, 5.74) is 3.36. The number of aryl methyl sites for hydroxylation is 1. The third kappa shape index (κ3) is 4.69. The standard InChI is InChI=1S/C25H30BrN3O/c1-19(21-7-4-3-5-8-21)28-15-13-27(14-16-28)11-6-12-29-18-24(20(2)30)23-10-9-22(26)17-25(23)29/h3-5,7-10,17-19H,6,11-16H2,1-2H3. The second-order valence-electron chi connectivity index (χ2n) is 8.27. The van der Waals surface area contributed by atoms with Crippen molar-refractivity contribution in [1.29, 1.82) is 0 Å². The fraction of sp³-hybridized carbons (Fsp3) is 0.400. The van der Waals surface area contributed by atoms with Crippen LogP contribution in [0.1, 0.15) is 42.2 Å². The Bertz CT molecular complexity index is 1010. The molecular weight excluding hydrogens is 438 g/mol. The summed E-state index contributed by atoms with van der Waals surface area (Å²) >= 11 is 3.57. The molecule has 2 heterocycles. The van der Waals surface area contributed by atoms with Crippen molar-refractivity contribution in [2.45, 2.75) is 32.9 Å². The van der Waals surface area contributed by atoms with Gasteiger partial charge in [-0.1, -0.05) is 52.3 Å². The van der Waals surface area contributed by atoms with Crippen molar-refractivity contribution in [2.75, 3.05) is 32.7 Å². The Hall–Kier alpha value is -1.95. The van der Waals surface area contributed by atoms with Crippen LogP contribution in [-0.2, 0) is 6.54 Å². The number of fused-ring (bicyclic) bond motifs is 1. The summed E-state index contributed by atoms with van der Waals surface area (Å²) in [6.45, 7) is 10.5. The molecule has 1 saturated heterocycles. The summed E-state index contributed by atoms with van der Waals surface area (Å²) in [4.78, 5) is 17.2. The molecule has 4 nitrogen and oxygen atoms in total. The van der Waals surface area contributed by atoms with Gasteiger partial charge in [0.25, 0.3) is 0 Å². The Labute approximate surface area is 187 Å². The second-order valence-corrected chi connectivity index (χ2v) is 9.19. The van der Waals surface area contributed by atoms with Gasteiger partial charge in [0, 0.05) is 65.9 Å². The average Bonchev–Trinajstić information content (AvgIpc) is 3.12. The van der Waals surface area contributed by atoms with E-state index in [4.69, 9.17) is 0 Å². The fourth-order valence-electron chi connectivity index (χ4n) is 4.51. The van der Waals surface area contributed by atoms with Crippen LogP contribution >= 0.6 is 15.9 Å². The van der Waals surface area contributed by atoms with E-state index < -0.39 is 0 Å². The molecule has 0 saturated carbocycles. The lowest BCUT2D eigenvalue weighted by molar-refractivity contribution is 0.101. The number of Topliss-reactive ketones (excluding diaryl/α,β-unsaturated/α-hetero) is 1. The molecule has 1 aromatic heterocycles. The zero-order chi connectivity index (χ0) is 21.1. The number of carbonyl (C=O) groups excluding carboxylic acids is 1. The Kier molecular flexibility index (Phi) is 6.71. The van der Waals surface area contributed by atoms with E-state index in [9.17, 15) is 4.79 Å². The maximum Gasteiger partial charge on any atom is 0.161 e. The minimum atomic E-state index is 0.129. The maximum absolute atomic E-state index is 12.0. The molecule has 1 aliphatic rings. The third-order valence-electron chi connectivity index (χ3n) is 6.33. The zero-order valence-electron chi connectivity index (χ0n) is 17.9. The van der Waals surface area contributed by atoms with E-state index in [1.807, 2.05) is 18.3 Å². The Morgan fingerprint density at radius 2 is 1.77 bits per heavy atom. The van der Waals surface area contributed by atoms with Crippen molar-refractivity contribution in [3.05, 3.63) is 70.3 Å². The van der Waals surface area contributed by atoms with Crippen molar-refractivity contribution in [2.24, 2.45) is 0 Å². The van der Waals surface area contributed by atoms with Crippen LogP contribution in [0.3, 0.4) is 0 Å². The minimum absolute atomic E-state index is 0.129. The summed E-state index contributed by atoms with van der Waals surface area (Å²) in [5.74, 6) is 0.129. The van der Waals surface area contributed by atoms with E-state index in [1.54, 1.807) is 6.92 Å². The van der Waals surface area contributed by atoms with Crippen molar-refractivity contribution in [3.63, 3.8) is 0 Å². The molecule has 2 aromatic carbocycles. The molecule has 0 amide bonds. The number of hydrogen-bond donors (Lipinski definition) is 0. The van der Waals surface area contributed by atoms with Crippen LogP contribution in [0.5, 0.6) is 0 Å². The van der Waals surface area contributed by atoms with Gasteiger partial charge in [-0.05, 0) is 44.5 Å². The summed E-state index contributed by atoms with van der Waals surface area (Å²) in [6, 6.07) is 17.4. The van der Waals surface area contributed by atoms with Gasteiger partial charge in [-0.2, -0.15) is 0 Å². The number of halogens is 1. The van der Waals surface area contributed by atoms with Gasteiger partial charge < -0.3 is 9.47 Å². The second kappa shape index (κ2) is 9.46. The number of rotatable bonds is 7. The van der Waals surface area contributed by atoms with Gasteiger partial charge in [0.1, 0.15) is 0 Å². The normalized spacial score (nSPS) is 16.8. The summed E-state index contributed by atoms with van der Waals surface area (Å²) in [6.07, 6.45) is 3.11. The molecule has 3 aromatic rings. The number of carbonyl (C=O) groups is 1. The lowest BCUT2D eigenvalue weighted by atomic mass is 10.1. The van der Waals surface area contributed by atoms with Crippen LogP contribution in [-0.4, -0.2) is 52.9 Å². The van der Waals surface area contributed by atoms with Crippen molar-refractivity contribution in [3.8, 4) is 0 Å². The first kappa shape index (κ1) is 21.3. The van der Waals surface area contributed by atoms with E-state index in [1.165, 1.54) is 5.56 Å². The van der Waals surface area contributed by atoms with Crippen LogP contribution in [0, 0.1) is 0 Å². The molecule has 5 heteroatoms. The molecule has 158 valence electrons. The highest BCUT2D eigenvalue weighted by atomic mass is 79.9. The lowest BCUT2D eigenvalue weighted by Gasteiger charge is -2.38. The molecule has 0 spiro atoms. The number of aromatic nitrogens is 1. The highest BCUT2D eigenvalue weighted by molar-refractivity contribution is 9.10. The Balaban J connectivity index is 1.32. The molecule has 4 rings (SSSR count). The van der Waals surface area contributed by atoms with E-state index in [0.29, 0.717) is 6.04 Å². The fourth-order valence-corrected chi connectivity index (χ4v) is 4.86.